The molecule has 0 radical (unpaired) electrons. The number of hydrogen-bond donors (Lipinski definition) is 0. The van der Waals surface area contributed by atoms with E-state index in [1.54, 1.807) is 0 Å². The van der Waals surface area contributed by atoms with Crippen molar-refractivity contribution >= 4 is 0 Å². The molecule has 0 aliphatic heterocycles. The van der Waals surface area contributed by atoms with Crippen molar-refractivity contribution < 1.29 is 17.1 Å². The maximum absolute atomic E-state index is 8.82. The smallest absolute Gasteiger partial charge is 0.214 e. The molecule has 0 saturated carbocycles. The van der Waals surface area contributed by atoms with Crippen LogP contribution in [0.1, 0.15) is 5.56 Å². The molecule has 2 heteroatoms. The molecule has 3 aromatic rings. The molecule has 0 heterocycles. The Morgan fingerprint density at radius 3 is 2.11 bits per heavy atom. The molecular weight excluding hydrogens is 274 g/mol. The van der Waals surface area contributed by atoms with Crippen molar-refractivity contribution in [3.63, 3.8) is 0 Å². The van der Waals surface area contributed by atoms with E-state index in [0.29, 0.717) is 0 Å². The molecule has 0 aromatic heterocycles. The molecule has 0 fully saturated rings. The van der Waals surface area contributed by atoms with Gasteiger partial charge in [0.05, 0.1) is 0 Å². The van der Waals surface area contributed by atoms with Crippen LogP contribution in [0.25, 0.3) is 11.1 Å². The standard InChI is InChI=1S/C12H8N.C5H5.Fe/c13-9-11-7-4-8-12(11)10-5-2-1-3-6-10;1-2-4-5-3-1;/h1-8H;1-5H;/q2*-1;+2. The summed E-state index contributed by atoms with van der Waals surface area (Å²) in [6.45, 7) is 0. The summed E-state index contributed by atoms with van der Waals surface area (Å²) in [4.78, 5) is 0. The minimum Gasteiger partial charge on any atom is -0.214 e. The van der Waals surface area contributed by atoms with Gasteiger partial charge in [0.2, 0.25) is 0 Å². The van der Waals surface area contributed by atoms with Crippen molar-refractivity contribution in [2.45, 2.75) is 0 Å². The summed E-state index contributed by atoms with van der Waals surface area (Å²) >= 11 is 0. The molecule has 0 N–H and O–H groups in total. The molecule has 0 spiro atoms. The fourth-order valence-corrected chi connectivity index (χ4v) is 1.71. The molecular formula is C17H13FeN. The van der Waals surface area contributed by atoms with Crippen molar-refractivity contribution in [1.82, 2.24) is 0 Å². The fraction of sp³-hybridized carbons (Fsp3) is 0. The quantitative estimate of drug-likeness (QED) is 0.482. The van der Waals surface area contributed by atoms with Crippen LogP contribution in [0.2, 0.25) is 0 Å². The molecule has 94 valence electrons. The number of hydrogen-bond acceptors (Lipinski definition) is 1. The third-order valence-corrected chi connectivity index (χ3v) is 2.58. The average molecular weight is 287 g/mol. The molecule has 3 rings (SSSR count). The van der Waals surface area contributed by atoms with Gasteiger partial charge in [-0.25, -0.2) is 17.4 Å². The first-order valence-corrected chi connectivity index (χ1v) is 5.79. The predicted octanol–water partition coefficient (Wildman–Crippen LogP) is 4.35. The van der Waals surface area contributed by atoms with Crippen LogP contribution in [-0.4, -0.2) is 0 Å². The second kappa shape index (κ2) is 8.11. The largest absolute Gasteiger partial charge is 2.00 e. The molecule has 0 aliphatic rings. The topological polar surface area (TPSA) is 23.8 Å². The average Bonchev–Trinajstić information content (AvgIpc) is 3.13. The van der Waals surface area contributed by atoms with Gasteiger partial charge in [0.1, 0.15) is 0 Å². The summed E-state index contributed by atoms with van der Waals surface area (Å²) in [6, 6.07) is 27.8. The van der Waals surface area contributed by atoms with Gasteiger partial charge in [-0.1, -0.05) is 35.9 Å². The molecule has 0 saturated heterocycles. The van der Waals surface area contributed by atoms with Gasteiger partial charge in [0, 0.05) is 6.07 Å². The molecule has 0 bridgehead atoms. The Balaban J connectivity index is 0.000000256. The van der Waals surface area contributed by atoms with Gasteiger partial charge in [0.15, 0.2) is 0 Å². The van der Waals surface area contributed by atoms with Crippen LogP contribution in [0.5, 0.6) is 0 Å². The van der Waals surface area contributed by atoms with E-state index in [1.807, 2.05) is 78.9 Å². The summed E-state index contributed by atoms with van der Waals surface area (Å²) in [5, 5.41) is 8.82. The Kier molecular flexibility index (Phi) is 6.39. The maximum atomic E-state index is 8.82. The van der Waals surface area contributed by atoms with E-state index < -0.39 is 0 Å². The van der Waals surface area contributed by atoms with Crippen molar-refractivity contribution in [3.8, 4) is 17.2 Å². The number of rotatable bonds is 1. The molecule has 0 unspecified atom stereocenters. The Morgan fingerprint density at radius 1 is 0.895 bits per heavy atom. The Labute approximate surface area is 124 Å². The van der Waals surface area contributed by atoms with Gasteiger partial charge >= 0.3 is 17.1 Å². The molecule has 0 amide bonds. The van der Waals surface area contributed by atoms with E-state index in [1.165, 1.54) is 0 Å². The minimum absolute atomic E-state index is 0. The van der Waals surface area contributed by atoms with E-state index in [-0.39, 0.29) is 17.1 Å². The Hall–Kier alpha value is -2.07. The monoisotopic (exact) mass is 287 g/mol. The van der Waals surface area contributed by atoms with Crippen LogP contribution in [0.15, 0.2) is 78.9 Å². The molecule has 19 heavy (non-hydrogen) atoms. The SMILES string of the molecule is N#C[c-]1cccc1-c1ccccc1.[Fe+2].c1cc[cH-]c1. The first-order valence-electron chi connectivity index (χ1n) is 5.79. The van der Waals surface area contributed by atoms with Gasteiger partial charge in [-0.05, 0) is 5.56 Å². The zero-order valence-electron chi connectivity index (χ0n) is 10.3. The number of nitriles is 1. The van der Waals surface area contributed by atoms with Crippen LogP contribution in [0.4, 0.5) is 0 Å². The van der Waals surface area contributed by atoms with Crippen molar-refractivity contribution in [3.05, 3.63) is 84.4 Å². The van der Waals surface area contributed by atoms with Gasteiger partial charge in [-0.3, -0.25) is 0 Å². The van der Waals surface area contributed by atoms with E-state index in [0.717, 1.165) is 16.7 Å². The molecule has 0 aliphatic carbocycles. The second-order valence-electron chi connectivity index (χ2n) is 3.79. The number of benzene rings is 1. The van der Waals surface area contributed by atoms with Gasteiger partial charge in [-0.15, -0.1) is 11.6 Å². The van der Waals surface area contributed by atoms with Crippen LogP contribution >= 0.6 is 0 Å². The van der Waals surface area contributed by atoms with Crippen molar-refractivity contribution in [1.29, 1.82) is 5.26 Å². The molecule has 3 aromatic carbocycles. The van der Waals surface area contributed by atoms with E-state index >= 15 is 0 Å². The first kappa shape index (κ1) is 15.0. The predicted molar refractivity (Wildman–Crippen MR) is 74.2 cm³/mol. The van der Waals surface area contributed by atoms with Crippen LogP contribution in [0.3, 0.4) is 0 Å². The van der Waals surface area contributed by atoms with Crippen LogP contribution in [0, 0.1) is 11.3 Å². The molecule has 0 atom stereocenters. The van der Waals surface area contributed by atoms with Crippen molar-refractivity contribution in [2.75, 3.05) is 0 Å². The minimum atomic E-state index is 0. The van der Waals surface area contributed by atoms with E-state index in [4.69, 9.17) is 5.26 Å². The van der Waals surface area contributed by atoms with E-state index in [2.05, 4.69) is 6.07 Å². The van der Waals surface area contributed by atoms with E-state index in [9.17, 15) is 0 Å². The van der Waals surface area contributed by atoms with Gasteiger partial charge in [0.25, 0.3) is 0 Å². The summed E-state index contributed by atoms with van der Waals surface area (Å²) in [5.41, 5.74) is 2.86. The van der Waals surface area contributed by atoms with Crippen LogP contribution in [-0.2, 0) is 17.1 Å². The molecule has 1 nitrogen and oxygen atoms in total. The summed E-state index contributed by atoms with van der Waals surface area (Å²) < 4.78 is 0. The third-order valence-electron chi connectivity index (χ3n) is 2.58. The zero-order valence-corrected chi connectivity index (χ0v) is 11.4. The second-order valence-corrected chi connectivity index (χ2v) is 3.79. The Bertz CT molecular complexity index is 583. The Morgan fingerprint density at radius 2 is 1.58 bits per heavy atom. The first-order chi connectivity index (χ1) is 8.92. The van der Waals surface area contributed by atoms with Gasteiger partial charge in [-0.2, -0.15) is 30.3 Å². The van der Waals surface area contributed by atoms with Gasteiger partial charge < -0.3 is 0 Å². The summed E-state index contributed by atoms with van der Waals surface area (Å²) in [7, 11) is 0. The summed E-state index contributed by atoms with van der Waals surface area (Å²) in [5.74, 6) is 0. The van der Waals surface area contributed by atoms with Crippen LogP contribution < -0.4 is 0 Å². The summed E-state index contributed by atoms with van der Waals surface area (Å²) in [6.07, 6.45) is 0. The normalized spacial score (nSPS) is 8.58. The fourth-order valence-electron chi connectivity index (χ4n) is 1.71. The maximum Gasteiger partial charge on any atom is 2.00 e. The zero-order chi connectivity index (χ0) is 12.6. The number of nitrogens with zero attached hydrogens (tertiary/aromatic N) is 1. The van der Waals surface area contributed by atoms with Crippen molar-refractivity contribution in [2.24, 2.45) is 0 Å². The third kappa shape index (κ3) is 4.26.